The van der Waals surface area contributed by atoms with Gasteiger partial charge in [0.1, 0.15) is 0 Å². The van der Waals surface area contributed by atoms with E-state index >= 15 is 0 Å². The first kappa shape index (κ1) is 12.5. The lowest BCUT2D eigenvalue weighted by Gasteiger charge is -1.98. The first-order chi connectivity index (χ1) is 7.64. The van der Waals surface area contributed by atoms with E-state index in [4.69, 9.17) is 6.42 Å². The van der Waals surface area contributed by atoms with Crippen molar-refractivity contribution in [2.45, 2.75) is 6.42 Å². The van der Waals surface area contributed by atoms with E-state index in [-0.39, 0.29) is 6.54 Å². The summed E-state index contributed by atoms with van der Waals surface area (Å²) in [6, 6.07) is 9.22. The molecular weight excluding hydrogens is 222 g/mol. The number of sulfonamides is 1. The summed E-state index contributed by atoms with van der Waals surface area (Å²) in [5.74, 6) is 2.36. The van der Waals surface area contributed by atoms with E-state index in [1.165, 1.54) is 6.08 Å². The second-order valence-corrected chi connectivity index (χ2v) is 4.76. The third kappa shape index (κ3) is 4.78. The van der Waals surface area contributed by atoms with Crippen molar-refractivity contribution in [3.63, 3.8) is 0 Å². The highest BCUT2D eigenvalue weighted by Gasteiger charge is 2.02. The molecule has 0 bridgehead atoms. The molecule has 0 saturated carbocycles. The SMILES string of the molecule is C#CCCNS(=O)(=O)/C=C/c1ccccc1. The van der Waals surface area contributed by atoms with Crippen molar-refractivity contribution in [1.82, 2.24) is 4.72 Å². The molecule has 0 amide bonds. The van der Waals surface area contributed by atoms with Crippen LogP contribution in [0, 0.1) is 12.3 Å². The molecule has 0 fully saturated rings. The zero-order valence-corrected chi connectivity index (χ0v) is 9.57. The Balaban J connectivity index is 2.60. The molecular formula is C12H13NO2S. The maximum atomic E-state index is 11.4. The van der Waals surface area contributed by atoms with E-state index in [2.05, 4.69) is 10.6 Å². The molecule has 1 aromatic rings. The van der Waals surface area contributed by atoms with Gasteiger partial charge >= 0.3 is 0 Å². The lowest BCUT2D eigenvalue weighted by Crippen LogP contribution is -2.21. The predicted octanol–water partition coefficient (Wildman–Crippen LogP) is 1.60. The standard InChI is InChI=1S/C12H13NO2S/c1-2-3-10-13-16(14,15)11-9-12-7-5-4-6-8-12/h1,4-9,11,13H,3,10H2/b11-9+. The zero-order chi connectivity index (χ0) is 11.9. The van der Waals surface area contributed by atoms with Crippen molar-refractivity contribution >= 4 is 16.1 Å². The minimum Gasteiger partial charge on any atom is -0.211 e. The first-order valence-corrected chi connectivity index (χ1v) is 6.35. The van der Waals surface area contributed by atoms with Gasteiger partial charge < -0.3 is 0 Å². The summed E-state index contributed by atoms with van der Waals surface area (Å²) in [5.41, 5.74) is 0.838. The van der Waals surface area contributed by atoms with E-state index < -0.39 is 10.0 Å². The van der Waals surface area contributed by atoms with Gasteiger partial charge in [-0.25, -0.2) is 13.1 Å². The maximum absolute atomic E-state index is 11.4. The van der Waals surface area contributed by atoms with Crippen molar-refractivity contribution in [1.29, 1.82) is 0 Å². The average Bonchev–Trinajstić information content (AvgIpc) is 2.28. The highest BCUT2D eigenvalue weighted by molar-refractivity contribution is 7.92. The van der Waals surface area contributed by atoms with Crippen LogP contribution in [0.5, 0.6) is 0 Å². The van der Waals surface area contributed by atoms with Crippen molar-refractivity contribution in [2.24, 2.45) is 0 Å². The van der Waals surface area contributed by atoms with E-state index in [1.807, 2.05) is 30.3 Å². The largest absolute Gasteiger partial charge is 0.233 e. The summed E-state index contributed by atoms with van der Waals surface area (Å²) < 4.78 is 25.2. The van der Waals surface area contributed by atoms with Crippen LogP contribution in [-0.2, 0) is 10.0 Å². The van der Waals surface area contributed by atoms with Crippen LogP contribution in [0.1, 0.15) is 12.0 Å². The zero-order valence-electron chi connectivity index (χ0n) is 8.76. The van der Waals surface area contributed by atoms with Crippen molar-refractivity contribution in [2.75, 3.05) is 6.54 Å². The molecule has 0 aliphatic heterocycles. The molecule has 84 valence electrons. The lowest BCUT2D eigenvalue weighted by atomic mass is 10.2. The molecule has 1 rings (SSSR count). The number of hydrogen-bond acceptors (Lipinski definition) is 2. The molecule has 0 aliphatic rings. The highest BCUT2D eigenvalue weighted by Crippen LogP contribution is 2.02. The fourth-order valence-corrected chi connectivity index (χ4v) is 1.86. The first-order valence-electron chi connectivity index (χ1n) is 4.80. The molecule has 0 aromatic heterocycles. The van der Waals surface area contributed by atoms with Gasteiger partial charge in [-0.3, -0.25) is 0 Å². The second kappa shape index (κ2) is 6.11. The van der Waals surface area contributed by atoms with Crippen molar-refractivity contribution in [3.05, 3.63) is 41.3 Å². The molecule has 0 unspecified atom stereocenters. The van der Waals surface area contributed by atoms with E-state index in [0.717, 1.165) is 11.0 Å². The third-order valence-electron chi connectivity index (χ3n) is 1.81. The Morgan fingerprint density at radius 2 is 2.00 bits per heavy atom. The van der Waals surface area contributed by atoms with Gasteiger partial charge in [-0.1, -0.05) is 30.3 Å². The lowest BCUT2D eigenvalue weighted by molar-refractivity contribution is 0.592. The number of hydrogen-bond donors (Lipinski definition) is 1. The molecule has 0 heterocycles. The summed E-state index contributed by atoms with van der Waals surface area (Å²) >= 11 is 0. The summed E-state index contributed by atoms with van der Waals surface area (Å²) in [6.07, 6.45) is 6.95. The fraction of sp³-hybridized carbons (Fsp3) is 0.167. The van der Waals surface area contributed by atoms with Crippen LogP contribution < -0.4 is 4.72 Å². The normalized spacial score (nSPS) is 11.4. The molecule has 0 atom stereocenters. The molecule has 0 saturated heterocycles. The highest BCUT2D eigenvalue weighted by atomic mass is 32.2. The number of rotatable bonds is 5. The average molecular weight is 235 g/mol. The van der Waals surface area contributed by atoms with Crippen LogP contribution in [0.4, 0.5) is 0 Å². The van der Waals surface area contributed by atoms with Crippen molar-refractivity contribution in [3.8, 4) is 12.3 Å². The Morgan fingerprint density at radius 1 is 1.31 bits per heavy atom. The van der Waals surface area contributed by atoms with E-state index in [0.29, 0.717) is 6.42 Å². The Morgan fingerprint density at radius 3 is 2.62 bits per heavy atom. The van der Waals surface area contributed by atoms with Gasteiger partial charge in [0.2, 0.25) is 10.0 Å². The monoisotopic (exact) mass is 235 g/mol. The minimum absolute atomic E-state index is 0.262. The van der Waals surface area contributed by atoms with Crippen LogP contribution >= 0.6 is 0 Å². The Kier molecular flexibility index (Phi) is 4.77. The Hall–Kier alpha value is -1.57. The molecule has 0 aliphatic carbocycles. The topological polar surface area (TPSA) is 46.2 Å². The summed E-state index contributed by atoms with van der Waals surface area (Å²) in [4.78, 5) is 0. The smallest absolute Gasteiger partial charge is 0.211 e. The Bertz CT molecular complexity index is 484. The van der Waals surface area contributed by atoms with Gasteiger partial charge in [0, 0.05) is 18.4 Å². The van der Waals surface area contributed by atoms with E-state index in [1.54, 1.807) is 0 Å². The Labute approximate surface area is 96.2 Å². The number of benzene rings is 1. The quantitative estimate of drug-likeness (QED) is 0.622. The van der Waals surface area contributed by atoms with Crippen LogP contribution in [0.3, 0.4) is 0 Å². The molecule has 1 N–H and O–H groups in total. The minimum atomic E-state index is -3.38. The summed E-state index contributed by atoms with van der Waals surface area (Å²) in [7, 11) is -3.38. The third-order valence-corrected chi connectivity index (χ3v) is 2.91. The molecule has 0 spiro atoms. The molecule has 16 heavy (non-hydrogen) atoms. The fourth-order valence-electron chi connectivity index (χ4n) is 1.05. The van der Waals surface area contributed by atoms with Gasteiger partial charge in [-0.15, -0.1) is 12.3 Å². The maximum Gasteiger partial charge on any atom is 0.233 e. The predicted molar refractivity (Wildman–Crippen MR) is 65.8 cm³/mol. The number of terminal acetylenes is 1. The summed E-state index contributed by atoms with van der Waals surface area (Å²) in [5, 5.41) is 1.14. The van der Waals surface area contributed by atoms with Gasteiger partial charge in [0.25, 0.3) is 0 Å². The van der Waals surface area contributed by atoms with Crippen LogP contribution in [0.25, 0.3) is 6.08 Å². The summed E-state index contributed by atoms with van der Waals surface area (Å²) in [6.45, 7) is 0.262. The molecule has 1 aromatic carbocycles. The molecule has 3 nitrogen and oxygen atoms in total. The van der Waals surface area contributed by atoms with Gasteiger partial charge in [0.15, 0.2) is 0 Å². The van der Waals surface area contributed by atoms with E-state index in [9.17, 15) is 8.42 Å². The molecule has 0 radical (unpaired) electrons. The van der Waals surface area contributed by atoms with Gasteiger partial charge in [0.05, 0.1) is 0 Å². The number of nitrogens with one attached hydrogen (secondary N) is 1. The van der Waals surface area contributed by atoms with Crippen LogP contribution in [-0.4, -0.2) is 15.0 Å². The van der Waals surface area contributed by atoms with Gasteiger partial charge in [-0.2, -0.15) is 0 Å². The second-order valence-electron chi connectivity index (χ2n) is 3.11. The van der Waals surface area contributed by atoms with Crippen LogP contribution in [0.2, 0.25) is 0 Å². The van der Waals surface area contributed by atoms with Gasteiger partial charge in [-0.05, 0) is 11.6 Å². The molecule has 4 heteroatoms. The van der Waals surface area contributed by atoms with Crippen molar-refractivity contribution < 1.29 is 8.42 Å². The van der Waals surface area contributed by atoms with Crippen LogP contribution in [0.15, 0.2) is 35.7 Å².